The van der Waals surface area contributed by atoms with Crippen LogP contribution in [0.5, 0.6) is 0 Å². The van der Waals surface area contributed by atoms with Gasteiger partial charge in [-0.25, -0.2) is 4.98 Å². The van der Waals surface area contributed by atoms with E-state index in [2.05, 4.69) is 20.9 Å². The second-order valence-corrected chi connectivity index (χ2v) is 4.12. The lowest BCUT2D eigenvalue weighted by Gasteiger charge is -2.20. The van der Waals surface area contributed by atoms with E-state index in [0.717, 1.165) is 0 Å². The minimum Gasteiger partial charge on any atom is -0.481 e. The van der Waals surface area contributed by atoms with Crippen LogP contribution in [0.2, 0.25) is 0 Å². The van der Waals surface area contributed by atoms with Crippen LogP contribution in [-0.4, -0.2) is 40.0 Å². The molecule has 0 fully saturated rings. The van der Waals surface area contributed by atoms with E-state index in [9.17, 15) is 9.59 Å². The molecule has 1 N–H and O–H groups in total. The molecule has 1 amide bonds. The molecule has 1 rings (SSSR count). The molecule has 1 aromatic heterocycles. The first-order chi connectivity index (χ1) is 8.06. The minimum absolute atomic E-state index is 0.0581. The monoisotopic (exact) mass is 300 g/mol. The molecule has 0 aromatic carbocycles. The van der Waals surface area contributed by atoms with Crippen LogP contribution in [0, 0.1) is 0 Å². The standard InChI is InChI=1S/C11H13BrN2O3/c1-2-14(7-5-9(15)16)11(17)8-4-3-6-13-10(8)12/h3-4,6H,2,5,7H2,1H3,(H,15,16). The highest BCUT2D eigenvalue weighted by Gasteiger charge is 2.17. The van der Waals surface area contributed by atoms with Gasteiger partial charge in [-0.05, 0) is 35.0 Å². The van der Waals surface area contributed by atoms with Gasteiger partial charge in [0.25, 0.3) is 5.91 Å². The molecular formula is C11H13BrN2O3. The smallest absolute Gasteiger partial charge is 0.305 e. The molecule has 5 nitrogen and oxygen atoms in total. The van der Waals surface area contributed by atoms with Crippen LogP contribution in [0.4, 0.5) is 0 Å². The third kappa shape index (κ3) is 3.81. The van der Waals surface area contributed by atoms with Crippen LogP contribution in [0.1, 0.15) is 23.7 Å². The highest BCUT2D eigenvalue weighted by atomic mass is 79.9. The van der Waals surface area contributed by atoms with Crippen molar-refractivity contribution in [3.8, 4) is 0 Å². The Morgan fingerprint density at radius 1 is 1.53 bits per heavy atom. The second kappa shape index (κ2) is 6.34. The fraction of sp³-hybridized carbons (Fsp3) is 0.364. The molecule has 0 atom stereocenters. The number of rotatable bonds is 5. The summed E-state index contributed by atoms with van der Waals surface area (Å²) in [6.07, 6.45) is 1.52. The Morgan fingerprint density at radius 2 is 2.24 bits per heavy atom. The third-order valence-electron chi connectivity index (χ3n) is 2.25. The molecule has 0 aliphatic rings. The number of amides is 1. The van der Waals surface area contributed by atoms with Gasteiger partial charge in [0, 0.05) is 19.3 Å². The summed E-state index contributed by atoms with van der Waals surface area (Å²) in [5, 5.41) is 8.61. The summed E-state index contributed by atoms with van der Waals surface area (Å²) in [5.41, 5.74) is 0.444. The number of aliphatic carboxylic acids is 1. The van der Waals surface area contributed by atoms with Crippen LogP contribution in [-0.2, 0) is 4.79 Å². The molecule has 0 unspecified atom stereocenters. The number of hydrogen-bond donors (Lipinski definition) is 1. The Kier molecular flexibility index (Phi) is 5.09. The van der Waals surface area contributed by atoms with Crippen LogP contribution >= 0.6 is 15.9 Å². The largest absolute Gasteiger partial charge is 0.481 e. The number of pyridine rings is 1. The maximum Gasteiger partial charge on any atom is 0.305 e. The van der Waals surface area contributed by atoms with Gasteiger partial charge in [-0.2, -0.15) is 0 Å². The molecule has 6 heteroatoms. The SMILES string of the molecule is CCN(CCC(=O)O)C(=O)c1cccnc1Br. The highest BCUT2D eigenvalue weighted by Crippen LogP contribution is 2.15. The van der Waals surface area contributed by atoms with Crippen LogP contribution in [0.15, 0.2) is 22.9 Å². The lowest BCUT2D eigenvalue weighted by molar-refractivity contribution is -0.137. The molecule has 1 heterocycles. The van der Waals surface area contributed by atoms with Crippen LogP contribution < -0.4 is 0 Å². The summed E-state index contributed by atoms with van der Waals surface area (Å²) in [4.78, 5) is 28.0. The van der Waals surface area contributed by atoms with Gasteiger partial charge in [0.15, 0.2) is 0 Å². The first kappa shape index (κ1) is 13.6. The van der Waals surface area contributed by atoms with Gasteiger partial charge in [-0.1, -0.05) is 0 Å². The van der Waals surface area contributed by atoms with E-state index < -0.39 is 5.97 Å². The zero-order chi connectivity index (χ0) is 12.8. The molecule has 0 aliphatic carbocycles. The number of carboxylic acid groups (broad SMARTS) is 1. The number of carbonyl (C=O) groups excluding carboxylic acids is 1. The van der Waals surface area contributed by atoms with E-state index in [1.807, 2.05) is 6.92 Å². The van der Waals surface area contributed by atoms with Crippen LogP contribution in [0.3, 0.4) is 0 Å². The number of carbonyl (C=O) groups is 2. The molecule has 0 aliphatic heterocycles. The maximum atomic E-state index is 12.1. The fourth-order valence-corrected chi connectivity index (χ4v) is 1.77. The third-order valence-corrected chi connectivity index (χ3v) is 2.89. The van der Waals surface area contributed by atoms with Gasteiger partial charge in [0.2, 0.25) is 0 Å². The number of halogens is 1. The lowest BCUT2D eigenvalue weighted by atomic mass is 10.2. The summed E-state index contributed by atoms with van der Waals surface area (Å²) in [7, 11) is 0. The van der Waals surface area contributed by atoms with Gasteiger partial charge in [0.1, 0.15) is 4.60 Å². The van der Waals surface area contributed by atoms with Crippen molar-refractivity contribution in [1.29, 1.82) is 0 Å². The van der Waals surface area contributed by atoms with Crippen molar-refractivity contribution >= 4 is 27.8 Å². The van der Waals surface area contributed by atoms with E-state index >= 15 is 0 Å². The Hall–Kier alpha value is -1.43. The van der Waals surface area contributed by atoms with Gasteiger partial charge >= 0.3 is 5.97 Å². The lowest BCUT2D eigenvalue weighted by Crippen LogP contribution is -2.33. The summed E-state index contributed by atoms with van der Waals surface area (Å²) >= 11 is 3.20. The summed E-state index contributed by atoms with van der Waals surface area (Å²) in [6, 6.07) is 3.33. The topological polar surface area (TPSA) is 70.5 Å². The fourth-order valence-electron chi connectivity index (χ4n) is 1.35. The van der Waals surface area contributed by atoms with Gasteiger partial charge in [-0.3, -0.25) is 9.59 Å². The highest BCUT2D eigenvalue weighted by molar-refractivity contribution is 9.10. The van der Waals surface area contributed by atoms with Crippen molar-refractivity contribution in [2.45, 2.75) is 13.3 Å². The molecule has 0 saturated carbocycles. The van der Waals surface area contributed by atoms with E-state index in [1.165, 1.54) is 4.90 Å². The number of hydrogen-bond acceptors (Lipinski definition) is 3. The Bertz CT molecular complexity index is 423. The van der Waals surface area contributed by atoms with E-state index in [0.29, 0.717) is 16.7 Å². The second-order valence-electron chi connectivity index (χ2n) is 3.37. The van der Waals surface area contributed by atoms with E-state index in [-0.39, 0.29) is 18.9 Å². The zero-order valence-electron chi connectivity index (χ0n) is 9.39. The number of nitrogens with zero attached hydrogens (tertiary/aromatic N) is 2. The molecule has 1 aromatic rings. The normalized spacial score (nSPS) is 10.0. The van der Waals surface area contributed by atoms with Crippen molar-refractivity contribution in [2.75, 3.05) is 13.1 Å². The van der Waals surface area contributed by atoms with Crippen molar-refractivity contribution in [3.63, 3.8) is 0 Å². The number of aromatic nitrogens is 1. The molecule has 0 bridgehead atoms. The zero-order valence-corrected chi connectivity index (χ0v) is 11.0. The van der Waals surface area contributed by atoms with Gasteiger partial charge in [0.05, 0.1) is 12.0 Å². The quantitative estimate of drug-likeness (QED) is 0.842. The van der Waals surface area contributed by atoms with Gasteiger partial charge in [-0.15, -0.1) is 0 Å². The summed E-state index contributed by atoms with van der Waals surface area (Å²) < 4.78 is 0.471. The Morgan fingerprint density at radius 3 is 2.76 bits per heavy atom. The van der Waals surface area contributed by atoms with Crippen LogP contribution in [0.25, 0.3) is 0 Å². The average molecular weight is 301 g/mol. The Balaban J connectivity index is 2.79. The first-order valence-electron chi connectivity index (χ1n) is 5.17. The maximum absolute atomic E-state index is 12.1. The molecule has 0 saturated heterocycles. The average Bonchev–Trinajstić information content (AvgIpc) is 2.29. The van der Waals surface area contributed by atoms with Crippen molar-refractivity contribution in [1.82, 2.24) is 9.88 Å². The first-order valence-corrected chi connectivity index (χ1v) is 5.97. The van der Waals surface area contributed by atoms with Crippen molar-refractivity contribution < 1.29 is 14.7 Å². The predicted octanol–water partition coefficient (Wildman–Crippen LogP) is 1.78. The Labute approximate surface area is 108 Å². The molecule has 0 spiro atoms. The van der Waals surface area contributed by atoms with Crippen molar-refractivity contribution in [2.24, 2.45) is 0 Å². The summed E-state index contributed by atoms with van der Waals surface area (Å²) in [6.45, 7) is 2.48. The molecule has 17 heavy (non-hydrogen) atoms. The molecule has 92 valence electrons. The molecular weight excluding hydrogens is 288 g/mol. The minimum atomic E-state index is -0.915. The van der Waals surface area contributed by atoms with E-state index in [4.69, 9.17) is 5.11 Å². The van der Waals surface area contributed by atoms with Gasteiger partial charge < -0.3 is 10.0 Å². The predicted molar refractivity (Wildman–Crippen MR) is 65.8 cm³/mol. The van der Waals surface area contributed by atoms with Crippen molar-refractivity contribution in [3.05, 3.63) is 28.5 Å². The molecule has 0 radical (unpaired) electrons. The number of carboxylic acids is 1. The summed E-state index contributed by atoms with van der Waals surface area (Å²) in [5.74, 6) is -1.13. The van der Waals surface area contributed by atoms with E-state index in [1.54, 1.807) is 18.3 Å².